The summed E-state index contributed by atoms with van der Waals surface area (Å²) in [6, 6.07) is -1.30. The molecule has 1 rings (SSSR count). The van der Waals surface area contributed by atoms with Crippen molar-refractivity contribution in [3.8, 4) is 0 Å². The molecule has 4 amide bonds. The average Bonchev–Trinajstić information content (AvgIpc) is 2.28. The molecule has 0 radical (unpaired) electrons. The monoisotopic (exact) mass is 171 g/mol. The van der Waals surface area contributed by atoms with E-state index in [1.807, 2.05) is 5.32 Å². The molecule has 1 fully saturated rings. The van der Waals surface area contributed by atoms with Crippen LogP contribution in [0.5, 0.6) is 0 Å². The van der Waals surface area contributed by atoms with E-state index in [1.165, 1.54) is 6.92 Å². The highest BCUT2D eigenvalue weighted by Gasteiger charge is 2.32. The maximum atomic E-state index is 10.9. The van der Waals surface area contributed by atoms with Crippen LogP contribution in [-0.2, 0) is 9.59 Å². The van der Waals surface area contributed by atoms with E-state index in [0.717, 1.165) is 4.90 Å². The van der Waals surface area contributed by atoms with Crippen molar-refractivity contribution < 1.29 is 14.4 Å². The van der Waals surface area contributed by atoms with Gasteiger partial charge in [0.25, 0.3) is 0 Å². The molecule has 0 aromatic rings. The standard InChI is InChI=1S/C6H9N3O3/c1-3(5(7)11)9-2-4(10)8-6(9)12/h3H,2H2,1H3,(H2,7,11)(H,8,10,12)/t3-/m0/s1. The van der Waals surface area contributed by atoms with Gasteiger partial charge in [-0.15, -0.1) is 0 Å². The van der Waals surface area contributed by atoms with Crippen molar-refractivity contribution in [2.24, 2.45) is 5.73 Å². The third-order valence-corrected chi connectivity index (χ3v) is 1.70. The summed E-state index contributed by atoms with van der Waals surface area (Å²) >= 11 is 0. The molecule has 0 aliphatic carbocycles. The molecular formula is C6H9N3O3. The molecule has 0 aromatic heterocycles. The molecule has 3 N–H and O–H groups in total. The van der Waals surface area contributed by atoms with Crippen LogP contribution in [0.3, 0.4) is 0 Å². The lowest BCUT2D eigenvalue weighted by Gasteiger charge is -2.18. The summed E-state index contributed by atoms with van der Waals surface area (Å²) in [6.45, 7) is 1.38. The van der Waals surface area contributed by atoms with Crippen LogP contribution in [0.15, 0.2) is 0 Å². The summed E-state index contributed by atoms with van der Waals surface area (Å²) in [5, 5.41) is 2.04. The van der Waals surface area contributed by atoms with Crippen LogP contribution in [0.4, 0.5) is 4.79 Å². The summed E-state index contributed by atoms with van der Waals surface area (Å²) in [6.07, 6.45) is 0. The molecule has 1 aliphatic rings. The first-order valence-corrected chi connectivity index (χ1v) is 3.42. The van der Waals surface area contributed by atoms with Crippen molar-refractivity contribution in [3.05, 3.63) is 0 Å². The zero-order valence-electron chi connectivity index (χ0n) is 6.53. The van der Waals surface area contributed by atoms with Crippen molar-refractivity contribution >= 4 is 17.8 Å². The second kappa shape index (κ2) is 2.80. The predicted octanol–water partition coefficient (Wildman–Crippen LogP) is -1.59. The Morgan fingerprint density at radius 2 is 2.25 bits per heavy atom. The summed E-state index contributed by atoms with van der Waals surface area (Å²) in [5.74, 6) is -1.03. The topological polar surface area (TPSA) is 92.5 Å². The number of rotatable bonds is 2. The minimum Gasteiger partial charge on any atom is -0.368 e. The lowest BCUT2D eigenvalue weighted by Crippen LogP contribution is -2.44. The van der Waals surface area contributed by atoms with E-state index < -0.39 is 23.9 Å². The van der Waals surface area contributed by atoms with Gasteiger partial charge in [-0.2, -0.15) is 0 Å². The Bertz CT molecular complexity index is 250. The van der Waals surface area contributed by atoms with Crippen molar-refractivity contribution in [2.45, 2.75) is 13.0 Å². The second-order valence-electron chi connectivity index (χ2n) is 2.56. The maximum Gasteiger partial charge on any atom is 0.325 e. The Hall–Kier alpha value is -1.59. The van der Waals surface area contributed by atoms with Crippen LogP contribution in [0.25, 0.3) is 0 Å². The van der Waals surface area contributed by atoms with Gasteiger partial charge in [-0.05, 0) is 6.92 Å². The van der Waals surface area contributed by atoms with Crippen molar-refractivity contribution in [2.75, 3.05) is 6.54 Å². The van der Waals surface area contributed by atoms with Gasteiger partial charge < -0.3 is 10.6 Å². The van der Waals surface area contributed by atoms with Crippen molar-refractivity contribution in [3.63, 3.8) is 0 Å². The van der Waals surface area contributed by atoms with Crippen LogP contribution in [-0.4, -0.2) is 35.3 Å². The van der Waals surface area contributed by atoms with Gasteiger partial charge in [0.05, 0.1) is 0 Å². The van der Waals surface area contributed by atoms with E-state index in [-0.39, 0.29) is 6.54 Å². The average molecular weight is 171 g/mol. The quantitative estimate of drug-likeness (QED) is 0.490. The van der Waals surface area contributed by atoms with Crippen molar-refractivity contribution in [1.82, 2.24) is 10.2 Å². The zero-order valence-corrected chi connectivity index (χ0v) is 6.53. The Morgan fingerprint density at radius 3 is 2.58 bits per heavy atom. The fourth-order valence-corrected chi connectivity index (χ4v) is 0.924. The smallest absolute Gasteiger partial charge is 0.325 e. The molecule has 0 bridgehead atoms. The Morgan fingerprint density at radius 1 is 1.67 bits per heavy atom. The lowest BCUT2D eigenvalue weighted by molar-refractivity contribution is -0.122. The van der Waals surface area contributed by atoms with Crippen molar-refractivity contribution in [1.29, 1.82) is 0 Å². The van der Waals surface area contributed by atoms with E-state index in [1.54, 1.807) is 0 Å². The normalized spacial score (nSPS) is 19.2. The van der Waals surface area contributed by atoms with E-state index >= 15 is 0 Å². The summed E-state index contributed by atoms with van der Waals surface area (Å²) < 4.78 is 0. The minimum absolute atomic E-state index is 0.0943. The van der Waals surface area contributed by atoms with Gasteiger partial charge in [0.15, 0.2) is 0 Å². The molecule has 0 saturated carbocycles. The minimum atomic E-state index is -0.739. The van der Waals surface area contributed by atoms with Crippen LogP contribution in [0.2, 0.25) is 0 Å². The van der Waals surface area contributed by atoms with Gasteiger partial charge in [0, 0.05) is 0 Å². The number of nitrogens with one attached hydrogen (secondary N) is 1. The number of amides is 4. The molecule has 0 spiro atoms. The highest BCUT2D eigenvalue weighted by molar-refractivity contribution is 6.03. The number of hydrogen-bond donors (Lipinski definition) is 2. The molecule has 6 nitrogen and oxygen atoms in total. The summed E-state index contributed by atoms with van der Waals surface area (Å²) in [4.78, 5) is 33.3. The molecule has 66 valence electrons. The Kier molecular flexibility index (Phi) is 1.99. The molecular weight excluding hydrogens is 162 g/mol. The van der Waals surface area contributed by atoms with E-state index in [9.17, 15) is 14.4 Å². The fourth-order valence-electron chi connectivity index (χ4n) is 0.924. The van der Waals surface area contributed by atoms with Gasteiger partial charge in [-0.3, -0.25) is 14.9 Å². The number of primary amides is 1. The molecule has 12 heavy (non-hydrogen) atoms. The van der Waals surface area contributed by atoms with E-state index in [2.05, 4.69) is 0 Å². The van der Waals surface area contributed by atoms with Crippen LogP contribution < -0.4 is 11.1 Å². The SMILES string of the molecule is C[C@@H](C(N)=O)N1CC(=O)NC1=O. The number of imide groups is 1. The molecule has 6 heteroatoms. The molecule has 0 aromatic carbocycles. The predicted molar refractivity (Wildman–Crippen MR) is 38.9 cm³/mol. The summed E-state index contributed by atoms with van der Waals surface area (Å²) in [5.41, 5.74) is 4.95. The Balaban J connectivity index is 2.70. The van der Waals surface area contributed by atoms with Crippen LogP contribution in [0.1, 0.15) is 6.92 Å². The number of carbonyl (C=O) groups excluding carboxylic acids is 3. The van der Waals surface area contributed by atoms with Crippen LogP contribution >= 0.6 is 0 Å². The first kappa shape index (κ1) is 8.51. The Labute approximate surface area is 68.7 Å². The van der Waals surface area contributed by atoms with Gasteiger partial charge in [0.2, 0.25) is 11.8 Å². The third-order valence-electron chi connectivity index (χ3n) is 1.70. The highest BCUT2D eigenvalue weighted by Crippen LogP contribution is 2.03. The first-order chi connectivity index (χ1) is 5.52. The molecule has 1 atom stereocenters. The van der Waals surface area contributed by atoms with Gasteiger partial charge in [-0.25, -0.2) is 4.79 Å². The number of hydrogen-bond acceptors (Lipinski definition) is 3. The number of nitrogens with zero attached hydrogens (tertiary/aromatic N) is 1. The molecule has 0 unspecified atom stereocenters. The first-order valence-electron chi connectivity index (χ1n) is 3.42. The zero-order chi connectivity index (χ0) is 9.30. The second-order valence-corrected chi connectivity index (χ2v) is 2.56. The van der Waals surface area contributed by atoms with Crippen LogP contribution in [0, 0.1) is 0 Å². The van der Waals surface area contributed by atoms with E-state index in [0.29, 0.717) is 0 Å². The van der Waals surface area contributed by atoms with Gasteiger partial charge in [0.1, 0.15) is 12.6 Å². The molecule has 1 heterocycles. The van der Waals surface area contributed by atoms with Gasteiger partial charge in [-0.1, -0.05) is 0 Å². The number of urea groups is 1. The number of nitrogens with two attached hydrogens (primary N) is 1. The van der Waals surface area contributed by atoms with E-state index in [4.69, 9.17) is 5.73 Å². The largest absolute Gasteiger partial charge is 0.368 e. The fraction of sp³-hybridized carbons (Fsp3) is 0.500. The maximum absolute atomic E-state index is 10.9. The summed E-state index contributed by atoms with van der Waals surface area (Å²) in [7, 11) is 0. The highest BCUT2D eigenvalue weighted by atomic mass is 16.2. The molecule has 1 aliphatic heterocycles. The number of carbonyl (C=O) groups is 3. The lowest BCUT2D eigenvalue weighted by atomic mass is 10.3. The van der Waals surface area contributed by atoms with Gasteiger partial charge >= 0.3 is 6.03 Å². The third kappa shape index (κ3) is 1.36. The molecule has 1 saturated heterocycles.